The van der Waals surface area contributed by atoms with Crippen LogP contribution in [0.15, 0.2) is 0 Å². The summed E-state index contributed by atoms with van der Waals surface area (Å²) in [4.78, 5) is 10.8. The van der Waals surface area contributed by atoms with Crippen LogP contribution in [0.1, 0.15) is 19.3 Å². The van der Waals surface area contributed by atoms with E-state index in [1.165, 1.54) is 0 Å². The van der Waals surface area contributed by atoms with Crippen LogP contribution in [0.3, 0.4) is 0 Å². The molecule has 0 aromatic rings. The molecular formula is C8H11FO4S. The first-order valence-electron chi connectivity index (χ1n) is 4.44. The van der Waals surface area contributed by atoms with E-state index in [1.807, 2.05) is 0 Å². The monoisotopic (exact) mass is 222 g/mol. The van der Waals surface area contributed by atoms with E-state index in [-0.39, 0.29) is 11.2 Å². The SMILES string of the molecule is O=C1CC2(COC(CS(=O)(=O)F)C2)C1. The van der Waals surface area contributed by atoms with E-state index in [0.29, 0.717) is 25.9 Å². The number of carbonyl (C=O) groups is 1. The molecule has 1 saturated heterocycles. The fourth-order valence-electron chi connectivity index (χ4n) is 2.26. The summed E-state index contributed by atoms with van der Waals surface area (Å²) in [6.07, 6.45) is 0.825. The number of hydrogen-bond acceptors (Lipinski definition) is 4. The number of halogens is 1. The quantitative estimate of drug-likeness (QED) is 0.635. The molecule has 2 rings (SSSR count). The fraction of sp³-hybridized carbons (Fsp3) is 0.875. The molecule has 1 heterocycles. The van der Waals surface area contributed by atoms with Crippen LogP contribution in [0.25, 0.3) is 0 Å². The standard InChI is InChI=1S/C8H11FO4S/c9-14(11,12)4-7-3-8(5-13-7)1-6(10)2-8/h7H,1-5H2. The molecule has 0 amide bonds. The van der Waals surface area contributed by atoms with Gasteiger partial charge in [-0.3, -0.25) is 4.79 Å². The molecular weight excluding hydrogens is 211 g/mol. The maximum Gasteiger partial charge on any atom is 0.304 e. The van der Waals surface area contributed by atoms with Crippen LogP contribution in [0.2, 0.25) is 0 Å². The van der Waals surface area contributed by atoms with Crippen molar-refractivity contribution < 1.29 is 21.8 Å². The Labute approximate surface area is 81.6 Å². The minimum Gasteiger partial charge on any atom is -0.376 e. The molecule has 4 nitrogen and oxygen atoms in total. The summed E-state index contributed by atoms with van der Waals surface area (Å²) in [5, 5.41) is 0. The lowest BCUT2D eigenvalue weighted by Gasteiger charge is -2.34. The highest BCUT2D eigenvalue weighted by Gasteiger charge is 2.50. The van der Waals surface area contributed by atoms with E-state index in [1.54, 1.807) is 0 Å². The number of hydrogen-bond donors (Lipinski definition) is 0. The average Bonchev–Trinajstić information content (AvgIpc) is 2.27. The van der Waals surface area contributed by atoms with Crippen molar-refractivity contribution >= 4 is 16.0 Å². The topological polar surface area (TPSA) is 60.4 Å². The van der Waals surface area contributed by atoms with Crippen molar-refractivity contribution in [3.63, 3.8) is 0 Å². The lowest BCUT2D eigenvalue weighted by atomic mass is 9.67. The maximum absolute atomic E-state index is 12.3. The first-order chi connectivity index (χ1) is 6.39. The van der Waals surface area contributed by atoms with Crippen LogP contribution in [-0.4, -0.2) is 32.7 Å². The average molecular weight is 222 g/mol. The minimum absolute atomic E-state index is 0.174. The van der Waals surface area contributed by atoms with Gasteiger partial charge in [0.2, 0.25) is 0 Å². The van der Waals surface area contributed by atoms with E-state index < -0.39 is 22.1 Å². The number of rotatable bonds is 2. The van der Waals surface area contributed by atoms with Gasteiger partial charge in [-0.05, 0) is 6.42 Å². The van der Waals surface area contributed by atoms with Crippen molar-refractivity contribution in [2.75, 3.05) is 12.4 Å². The summed E-state index contributed by atoms with van der Waals surface area (Å²) in [6, 6.07) is 0. The molecule has 0 bridgehead atoms. The molecule has 1 saturated carbocycles. The zero-order valence-electron chi connectivity index (χ0n) is 7.53. The lowest BCUT2D eigenvalue weighted by molar-refractivity contribution is -0.132. The molecule has 0 N–H and O–H groups in total. The molecule has 6 heteroatoms. The molecule has 1 aliphatic heterocycles. The third-order valence-corrected chi connectivity index (χ3v) is 3.59. The number of carbonyl (C=O) groups excluding carboxylic acids is 1. The Bertz CT molecular complexity index is 354. The summed E-state index contributed by atoms with van der Waals surface area (Å²) in [7, 11) is -4.47. The van der Waals surface area contributed by atoms with Crippen molar-refractivity contribution in [2.45, 2.75) is 25.4 Å². The van der Waals surface area contributed by atoms with Gasteiger partial charge in [0.1, 0.15) is 11.5 Å². The van der Waals surface area contributed by atoms with Crippen LogP contribution in [0, 0.1) is 5.41 Å². The second-order valence-electron chi connectivity index (χ2n) is 4.23. The maximum atomic E-state index is 12.3. The van der Waals surface area contributed by atoms with E-state index >= 15 is 0 Å². The van der Waals surface area contributed by atoms with Gasteiger partial charge in [-0.2, -0.15) is 8.42 Å². The molecule has 1 spiro atoms. The van der Waals surface area contributed by atoms with Crippen LogP contribution >= 0.6 is 0 Å². The smallest absolute Gasteiger partial charge is 0.304 e. The van der Waals surface area contributed by atoms with Gasteiger partial charge in [0.05, 0.1) is 12.7 Å². The Kier molecular flexibility index (Phi) is 2.15. The van der Waals surface area contributed by atoms with E-state index in [0.717, 1.165) is 0 Å². The molecule has 80 valence electrons. The molecule has 2 aliphatic rings. The van der Waals surface area contributed by atoms with Crippen LogP contribution in [0.5, 0.6) is 0 Å². The van der Waals surface area contributed by atoms with Gasteiger partial charge < -0.3 is 4.74 Å². The van der Waals surface area contributed by atoms with Gasteiger partial charge in [-0.15, -0.1) is 3.89 Å². The molecule has 1 atom stereocenters. The van der Waals surface area contributed by atoms with Gasteiger partial charge in [0.15, 0.2) is 0 Å². The number of Topliss-reactive ketones (excluding diaryl/α,β-unsaturated/α-hetero) is 1. The van der Waals surface area contributed by atoms with Crippen molar-refractivity contribution in [3.05, 3.63) is 0 Å². The van der Waals surface area contributed by atoms with Crippen molar-refractivity contribution in [2.24, 2.45) is 5.41 Å². The zero-order chi connectivity index (χ0) is 10.4. The number of ketones is 1. The van der Waals surface area contributed by atoms with Crippen molar-refractivity contribution in [1.82, 2.24) is 0 Å². The van der Waals surface area contributed by atoms with Gasteiger partial charge in [-0.1, -0.05) is 0 Å². The second kappa shape index (κ2) is 3.00. The van der Waals surface area contributed by atoms with Crippen LogP contribution in [0.4, 0.5) is 3.89 Å². The third-order valence-electron chi connectivity index (χ3n) is 2.82. The largest absolute Gasteiger partial charge is 0.376 e. The molecule has 0 aromatic heterocycles. The third kappa shape index (κ3) is 1.95. The highest BCUT2D eigenvalue weighted by molar-refractivity contribution is 7.86. The fourth-order valence-corrected chi connectivity index (χ4v) is 2.91. The van der Waals surface area contributed by atoms with E-state index in [9.17, 15) is 17.1 Å². The summed E-state index contributed by atoms with van der Waals surface area (Å²) in [6.45, 7) is 0.388. The van der Waals surface area contributed by atoms with Crippen molar-refractivity contribution in [3.8, 4) is 0 Å². The summed E-state index contributed by atoms with van der Waals surface area (Å²) in [5.74, 6) is -0.402. The molecule has 0 radical (unpaired) electrons. The Morgan fingerprint density at radius 3 is 2.64 bits per heavy atom. The molecule has 0 aromatic carbocycles. The second-order valence-corrected chi connectivity index (χ2v) is 5.65. The molecule has 1 aliphatic carbocycles. The van der Waals surface area contributed by atoms with Gasteiger partial charge in [0, 0.05) is 18.3 Å². The first-order valence-corrected chi connectivity index (χ1v) is 6.00. The normalized spacial score (nSPS) is 30.6. The van der Waals surface area contributed by atoms with E-state index in [4.69, 9.17) is 4.74 Å². The Balaban J connectivity index is 1.93. The Morgan fingerprint density at radius 1 is 1.50 bits per heavy atom. The summed E-state index contributed by atoms with van der Waals surface area (Å²) >= 11 is 0. The van der Waals surface area contributed by atoms with Crippen molar-refractivity contribution in [1.29, 1.82) is 0 Å². The first kappa shape index (κ1) is 10.0. The highest BCUT2D eigenvalue weighted by atomic mass is 32.3. The predicted molar refractivity (Wildman–Crippen MR) is 45.9 cm³/mol. The zero-order valence-corrected chi connectivity index (χ0v) is 8.35. The number of ether oxygens (including phenoxy) is 1. The van der Waals surface area contributed by atoms with Gasteiger partial charge in [-0.25, -0.2) is 0 Å². The molecule has 14 heavy (non-hydrogen) atoms. The van der Waals surface area contributed by atoms with Crippen LogP contribution < -0.4 is 0 Å². The molecule has 1 unspecified atom stereocenters. The Morgan fingerprint density at radius 2 is 2.14 bits per heavy atom. The van der Waals surface area contributed by atoms with Crippen LogP contribution in [-0.2, 0) is 19.8 Å². The molecule has 2 fully saturated rings. The summed E-state index contributed by atoms with van der Waals surface area (Å²) in [5.41, 5.74) is -0.174. The van der Waals surface area contributed by atoms with Gasteiger partial charge in [0.25, 0.3) is 0 Å². The lowest BCUT2D eigenvalue weighted by Crippen LogP contribution is -2.38. The van der Waals surface area contributed by atoms with Gasteiger partial charge >= 0.3 is 10.2 Å². The Hall–Kier alpha value is -0.490. The predicted octanol–water partition coefficient (Wildman–Crippen LogP) is 0.424. The summed E-state index contributed by atoms with van der Waals surface area (Å²) < 4.78 is 38.2. The van der Waals surface area contributed by atoms with E-state index in [2.05, 4.69) is 0 Å². The minimum atomic E-state index is -4.47. The highest BCUT2D eigenvalue weighted by Crippen LogP contribution is 2.47.